The van der Waals surface area contributed by atoms with E-state index in [1.807, 2.05) is 6.92 Å². The Labute approximate surface area is 287 Å². The number of thiocarbonyl (C=S) groups is 2. The average Bonchev–Trinajstić information content (AvgIpc) is 2.99. The van der Waals surface area contributed by atoms with Crippen molar-refractivity contribution >= 4 is 90.8 Å². The van der Waals surface area contributed by atoms with Gasteiger partial charge in [0.15, 0.2) is 10.2 Å². The van der Waals surface area contributed by atoms with E-state index in [1.165, 1.54) is 24.3 Å². The molecular weight excluding hydrogens is 707 g/mol. The Kier molecular flexibility index (Phi) is 12.0. The van der Waals surface area contributed by atoms with Crippen LogP contribution in [-0.4, -0.2) is 69.2 Å². The van der Waals surface area contributed by atoms with E-state index in [9.17, 15) is 36.4 Å². The second-order valence-electron chi connectivity index (χ2n) is 10.5. The number of azo groups is 2. The quantitative estimate of drug-likeness (QED) is 0.0656. The van der Waals surface area contributed by atoms with Crippen LogP contribution in [0.25, 0.3) is 11.1 Å². The molecule has 2 aromatic carbocycles. The van der Waals surface area contributed by atoms with E-state index < -0.39 is 62.9 Å². The number of benzene rings is 2. The lowest BCUT2D eigenvalue weighted by molar-refractivity contribution is -0.132. The van der Waals surface area contributed by atoms with Crippen LogP contribution in [0.5, 0.6) is 0 Å². The van der Waals surface area contributed by atoms with E-state index in [0.29, 0.717) is 6.42 Å². The van der Waals surface area contributed by atoms with Crippen LogP contribution in [0.15, 0.2) is 66.6 Å². The van der Waals surface area contributed by atoms with Crippen molar-refractivity contribution in [2.45, 2.75) is 67.4 Å². The summed E-state index contributed by atoms with van der Waals surface area (Å²) < 4.78 is 55.0. The molecule has 0 aromatic heterocycles. The van der Waals surface area contributed by atoms with Gasteiger partial charge < -0.3 is 25.8 Å². The van der Waals surface area contributed by atoms with Crippen molar-refractivity contribution in [2.24, 2.45) is 20.5 Å². The highest BCUT2D eigenvalue weighted by molar-refractivity contribution is 7.89. The smallest absolute Gasteiger partial charge is 0.262 e. The third-order valence-corrected chi connectivity index (χ3v) is 9.54. The summed E-state index contributed by atoms with van der Waals surface area (Å²) in [6, 6.07) is 3.77. The van der Waals surface area contributed by atoms with E-state index in [-0.39, 0.29) is 42.5 Å². The van der Waals surface area contributed by atoms with Crippen LogP contribution in [0.4, 0.5) is 11.4 Å². The number of carbonyl (C=O) groups is 4. The van der Waals surface area contributed by atoms with Crippen molar-refractivity contribution in [3.05, 3.63) is 36.4 Å². The van der Waals surface area contributed by atoms with Crippen LogP contribution in [0.2, 0.25) is 0 Å². The van der Waals surface area contributed by atoms with Crippen LogP contribution in [0.3, 0.4) is 0 Å². The Morgan fingerprint density at radius 2 is 1.31 bits per heavy atom. The molecule has 4 amide bonds. The molecule has 17 nitrogen and oxygen atoms in total. The Balaban J connectivity index is 1.75. The van der Waals surface area contributed by atoms with Crippen LogP contribution < -0.4 is 26.0 Å². The van der Waals surface area contributed by atoms with Crippen LogP contribution in [0, 0.1) is 0 Å². The standard InChI is InChI=1S/C27H29N9O8S4/c1-3-4-5-6-13(2)36-48(43,44)19-12-15(33-35-21-24(39)30-27(46)31-25(21)40)8-10-17(19)16-9-7-14(11-18(16)47(41)42)32-34-20-22(37)28-26(45)29-23(20)38/h7-13,20-21,36H,3-6H2,1-2H3,(H,41,42)(H2,28,29,37,38,45)(H2,30,31,39,40,46)/p-1. The summed E-state index contributed by atoms with van der Waals surface area (Å²) >= 11 is 6.58. The molecule has 2 saturated heterocycles. The first kappa shape index (κ1) is 36.6. The molecule has 0 aliphatic carbocycles. The van der Waals surface area contributed by atoms with E-state index in [2.05, 4.69) is 46.4 Å². The van der Waals surface area contributed by atoms with Crippen molar-refractivity contribution in [2.75, 3.05) is 0 Å². The zero-order chi connectivity index (χ0) is 35.2. The molecule has 2 unspecified atom stereocenters. The van der Waals surface area contributed by atoms with Crippen LogP contribution >= 0.6 is 24.4 Å². The summed E-state index contributed by atoms with van der Waals surface area (Å²) in [5, 5.41) is 23.8. The number of hydrogen-bond donors (Lipinski definition) is 5. The molecular formula is C27H28N9O8S4-. The Bertz CT molecular complexity index is 1840. The first-order valence-electron chi connectivity index (χ1n) is 14.2. The van der Waals surface area contributed by atoms with Crippen molar-refractivity contribution in [1.82, 2.24) is 26.0 Å². The molecule has 0 bridgehead atoms. The molecule has 21 heteroatoms. The van der Waals surface area contributed by atoms with Gasteiger partial charge in [0.25, 0.3) is 23.6 Å². The average molecular weight is 735 g/mol. The normalized spacial score (nSPS) is 17.7. The molecule has 2 fully saturated rings. The molecule has 5 N–H and O–H groups in total. The largest absolute Gasteiger partial charge is 0.768 e. The highest BCUT2D eigenvalue weighted by atomic mass is 32.2. The molecule has 2 aromatic rings. The fraction of sp³-hybridized carbons (Fsp3) is 0.333. The maximum absolute atomic E-state index is 13.8. The van der Waals surface area contributed by atoms with Gasteiger partial charge in [0.05, 0.1) is 16.3 Å². The fourth-order valence-electron chi connectivity index (χ4n) is 4.52. The maximum Gasteiger partial charge on any atom is 0.262 e. The minimum Gasteiger partial charge on any atom is -0.768 e. The molecule has 2 heterocycles. The molecule has 2 aliphatic rings. The Morgan fingerprint density at radius 3 is 1.79 bits per heavy atom. The third-order valence-electron chi connectivity index (χ3n) is 6.80. The van der Waals surface area contributed by atoms with E-state index >= 15 is 0 Å². The van der Waals surface area contributed by atoms with Gasteiger partial charge in [-0.3, -0.25) is 23.4 Å². The number of amides is 4. The first-order valence-corrected chi connectivity index (χ1v) is 17.6. The van der Waals surface area contributed by atoms with Gasteiger partial charge in [-0.1, -0.05) is 38.3 Å². The predicted octanol–water partition coefficient (Wildman–Crippen LogP) is 1.81. The molecule has 0 radical (unpaired) electrons. The van der Waals surface area contributed by atoms with Gasteiger partial charge >= 0.3 is 0 Å². The number of sulfonamides is 1. The summed E-state index contributed by atoms with van der Waals surface area (Å²) in [6.45, 7) is 3.71. The number of nitrogens with one attached hydrogen (secondary N) is 5. The lowest BCUT2D eigenvalue weighted by atomic mass is 10.0. The third kappa shape index (κ3) is 8.99. The van der Waals surface area contributed by atoms with Crippen molar-refractivity contribution < 1.29 is 36.4 Å². The zero-order valence-electron chi connectivity index (χ0n) is 25.2. The molecule has 4 rings (SSSR count). The minimum absolute atomic E-state index is 0.0389. The lowest BCUT2D eigenvalue weighted by Crippen LogP contribution is -2.57. The van der Waals surface area contributed by atoms with Gasteiger partial charge in [-0.2, -0.15) is 20.5 Å². The van der Waals surface area contributed by atoms with E-state index in [4.69, 9.17) is 24.4 Å². The van der Waals surface area contributed by atoms with Gasteiger partial charge in [0, 0.05) is 16.5 Å². The highest BCUT2D eigenvalue weighted by Crippen LogP contribution is 2.36. The molecule has 0 spiro atoms. The van der Waals surface area contributed by atoms with Crippen molar-refractivity contribution in [3.8, 4) is 11.1 Å². The van der Waals surface area contributed by atoms with Gasteiger partial charge in [0.2, 0.25) is 22.1 Å². The predicted molar refractivity (Wildman–Crippen MR) is 177 cm³/mol. The second-order valence-corrected chi connectivity index (χ2v) is 13.9. The number of carbonyl (C=O) groups excluding carboxylic acids is 4. The molecule has 2 aliphatic heterocycles. The number of rotatable bonds is 13. The first-order chi connectivity index (χ1) is 22.7. The van der Waals surface area contributed by atoms with Gasteiger partial charge in [-0.25, -0.2) is 13.1 Å². The van der Waals surface area contributed by atoms with Gasteiger partial charge in [-0.05, 0) is 78.7 Å². The lowest BCUT2D eigenvalue weighted by Gasteiger charge is -2.20. The SMILES string of the molecule is CCCCCC(C)NS(=O)(=O)c1cc(N=NC2C(=O)NC(=S)NC2=O)ccc1-c1ccc(N=NC2C(=O)NC(=S)NC2=O)cc1S(=O)[O-]. The second kappa shape index (κ2) is 15.7. The summed E-state index contributed by atoms with van der Waals surface area (Å²) in [4.78, 5) is 47.9. The van der Waals surface area contributed by atoms with Crippen molar-refractivity contribution in [3.63, 3.8) is 0 Å². The summed E-state index contributed by atoms with van der Waals surface area (Å²) in [5.41, 5.74) is -0.205. The number of unbranched alkanes of at least 4 members (excludes halogenated alkanes) is 2. The van der Waals surface area contributed by atoms with E-state index in [1.54, 1.807) is 6.92 Å². The minimum atomic E-state index is -4.33. The molecule has 0 saturated carbocycles. The summed E-state index contributed by atoms with van der Waals surface area (Å²) in [6.07, 6.45) is 3.13. The topological polar surface area (TPSA) is 252 Å². The van der Waals surface area contributed by atoms with E-state index in [0.717, 1.165) is 31.4 Å². The van der Waals surface area contributed by atoms with Crippen molar-refractivity contribution in [1.29, 1.82) is 0 Å². The zero-order valence-corrected chi connectivity index (χ0v) is 28.5. The molecule has 2 atom stereocenters. The van der Waals surface area contributed by atoms with Crippen LogP contribution in [0.1, 0.15) is 39.5 Å². The van der Waals surface area contributed by atoms with Crippen LogP contribution in [-0.2, 0) is 40.3 Å². The Morgan fingerprint density at radius 1 is 0.833 bits per heavy atom. The molecule has 48 heavy (non-hydrogen) atoms. The summed E-state index contributed by atoms with van der Waals surface area (Å²) in [7, 11) is -4.33. The monoisotopic (exact) mass is 734 g/mol. The Hall–Kier alpha value is -4.28. The maximum atomic E-state index is 13.8. The number of nitrogens with zero attached hydrogens (tertiary/aromatic N) is 4. The summed E-state index contributed by atoms with van der Waals surface area (Å²) in [5.74, 6) is -3.30. The van der Waals surface area contributed by atoms with Gasteiger partial charge in [0.1, 0.15) is 0 Å². The highest BCUT2D eigenvalue weighted by Gasteiger charge is 2.34. The molecule has 254 valence electrons. The fourth-order valence-corrected chi connectivity index (χ4v) is 7.01. The number of hydrogen-bond acceptors (Lipinski definition) is 14. The van der Waals surface area contributed by atoms with Gasteiger partial charge in [-0.15, -0.1) is 0 Å².